The quantitative estimate of drug-likeness (QED) is 0.942. The highest BCUT2D eigenvalue weighted by atomic mass is 19.1. The van der Waals surface area contributed by atoms with Crippen molar-refractivity contribution < 1.29 is 14.2 Å². The van der Waals surface area contributed by atoms with Gasteiger partial charge in [0.25, 0.3) is 0 Å². The maximum absolute atomic E-state index is 13.8. The third-order valence-electron chi connectivity index (χ3n) is 3.86. The Kier molecular flexibility index (Phi) is 3.41. The van der Waals surface area contributed by atoms with Crippen LogP contribution >= 0.6 is 0 Å². The van der Waals surface area contributed by atoms with E-state index in [1.165, 1.54) is 6.07 Å². The number of hydrogen-bond donors (Lipinski definition) is 1. The molecule has 1 atom stereocenters. The minimum atomic E-state index is -1.19. The predicted octanol–water partition coefficient (Wildman–Crippen LogP) is 3.19. The minimum Gasteiger partial charge on any atom is -0.489 e. The smallest absolute Gasteiger partial charge is 0.138 e. The van der Waals surface area contributed by atoms with Crippen LogP contribution in [0.3, 0.4) is 0 Å². The summed E-state index contributed by atoms with van der Waals surface area (Å²) in [7, 11) is 0. The summed E-state index contributed by atoms with van der Waals surface area (Å²) >= 11 is 0. The molecule has 110 valence electrons. The van der Waals surface area contributed by atoms with E-state index in [2.05, 4.69) is 4.98 Å². The van der Waals surface area contributed by atoms with Crippen LogP contribution in [-0.2, 0) is 12.0 Å². The molecule has 1 N–H and O–H groups in total. The molecule has 1 aromatic carbocycles. The van der Waals surface area contributed by atoms with Crippen molar-refractivity contribution in [3.8, 4) is 5.75 Å². The lowest BCUT2D eigenvalue weighted by molar-refractivity contribution is 0.0820. The summed E-state index contributed by atoms with van der Waals surface area (Å²) in [4.78, 5) is 4.14. The molecule has 0 bridgehead atoms. The van der Waals surface area contributed by atoms with Gasteiger partial charge in [-0.15, -0.1) is 0 Å². The lowest BCUT2D eigenvalue weighted by atomic mass is 9.89. The van der Waals surface area contributed by atoms with Crippen molar-refractivity contribution >= 4 is 0 Å². The number of nitrogens with zero attached hydrogens (tertiary/aromatic N) is 1. The van der Waals surface area contributed by atoms with E-state index in [4.69, 9.17) is 4.74 Å². The van der Waals surface area contributed by atoms with Crippen LogP contribution in [0.2, 0.25) is 0 Å². The van der Waals surface area contributed by atoms with Crippen molar-refractivity contribution in [3.63, 3.8) is 0 Å². The Balaban J connectivity index is 2.04. The Morgan fingerprint density at radius 1 is 1.33 bits per heavy atom. The van der Waals surface area contributed by atoms with Crippen LogP contribution in [0.15, 0.2) is 36.7 Å². The molecule has 21 heavy (non-hydrogen) atoms. The van der Waals surface area contributed by atoms with Gasteiger partial charge in [-0.05, 0) is 49.9 Å². The van der Waals surface area contributed by atoms with E-state index in [0.29, 0.717) is 35.3 Å². The maximum Gasteiger partial charge on any atom is 0.138 e. The van der Waals surface area contributed by atoms with Crippen molar-refractivity contribution in [3.05, 3.63) is 59.2 Å². The van der Waals surface area contributed by atoms with Gasteiger partial charge < -0.3 is 9.84 Å². The first-order chi connectivity index (χ1) is 10.0. The number of aliphatic hydroxyl groups is 1. The largest absolute Gasteiger partial charge is 0.489 e. The van der Waals surface area contributed by atoms with E-state index in [1.54, 1.807) is 30.6 Å². The normalized spacial score (nSPS) is 20.6. The summed E-state index contributed by atoms with van der Waals surface area (Å²) in [6, 6.07) is 6.63. The van der Waals surface area contributed by atoms with Crippen LogP contribution in [0.25, 0.3) is 0 Å². The molecule has 0 aliphatic heterocycles. The number of fused-ring (bicyclic) bond motifs is 1. The number of hydrogen-bond acceptors (Lipinski definition) is 3. The molecule has 2 aromatic rings. The fraction of sp³-hybridized carbons (Fsp3) is 0.353. The predicted molar refractivity (Wildman–Crippen MR) is 77.7 cm³/mol. The van der Waals surface area contributed by atoms with Crippen LogP contribution < -0.4 is 4.74 Å². The van der Waals surface area contributed by atoms with Gasteiger partial charge >= 0.3 is 0 Å². The van der Waals surface area contributed by atoms with Gasteiger partial charge in [0, 0.05) is 11.8 Å². The van der Waals surface area contributed by atoms with Crippen molar-refractivity contribution in [2.45, 2.75) is 38.4 Å². The molecule has 1 aliphatic carbocycles. The van der Waals surface area contributed by atoms with Crippen LogP contribution in [0.4, 0.5) is 4.39 Å². The highest BCUT2D eigenvalue weighted by Gasteiger charge is 2.40. The van der Waals surface area contributed by atoms with Gasteiger partial charge in [0.15, 0.2) is 0 Å². The topological polar surface area (TPSA) is 42.4 Å². The third kappa shape index (κ3) is 2.40. The van der Waals surface area contributed by atoms with Crippen molar-refractivity contribution in [1.29, 1.82) is 0 Å². The highest BCUT2D eigenvalue weighted by molar-refractivity contribution is 5.46. The van der Waals surface area contributed by atoms with E-state index in [9.17, 15) is 9.50 Å². The SMILES string of the molecule is CC(C)Oc1cncc(C2(O)CCc3c(F)cccc32)c1. The average molecular weight is 287 g/mol. The number of halogens is 1. The molecular formula is C17H18FNO2. The number of pyridine rings is 1. The van der Waals surface area contributed by atoms with E-state index in [-0.39, 0.29) is 11.9 Å². The summed E-state index contributed by atoms with van der Waals surface area (Å²) in [6.45, 7) is 3.86. The first kappa shape index (κ1) is 14.0. The van der Waals surface area contributed by atoms with Crippen molar-refractivity contribution in [2.75, 3.05) is 0 Å². The van der Waals surface area contributed by atoms with Gasteiger partial charge in [0.05, 0.1) is 12.3 Å². The molecule has 1 heterocycles. The fourth-order valence-corrected chi connectivity index (χ4v) is 2.92. The number of rotatable bonds is 3. The lowest BCUT2D eigenvalue weighted by Crippen LogP contribution is -2.24. The molecular weight excluding hydrogens is 269 g/mol. The zero-order valence-electron chi connectivity index (χ0n) is 12.1. The molecule has 1 aromatic heterocycles. The molecule has 0 saturated heterocycles. The molecule has 3 nitrogen and oxygen atoms in total. The molecule has 1 unspecified atom stereocenters. The maximum atomic E-state index is 13.8. The second kappa shape index (κ2) is 5.11. The molecule has 0 fully saturated rings. The zero-order valence-corrected chi connectivity index (χ0v) is 12.1. The van der Waals surface area contributed by atoms with Gasteiger partial charge in [0.1, 0.15) is 17.2 Å². The molecule has 0 radical (unpaired) electrons. The summed E-state index contributed by atoms with van der Waals surface area (Å²) in [5.41, 5.74) is 0.673. The van der Waals surface area contributed by atoms with E-state index >= 15 is 0 Å². The Labute approximate surface area is 123 Å². The van der Waals surface area contributed by atoms with Crippen molar-refractivity contribution in [2.24, 2.45) is 0 Å². The van der Waals surface area contributed by atoms with Crippen LogP contribution in [0, 0.1) is 5.82 Å². The summed E-state index contributed by atoms with van der Waals surface area (Å²) in [5, 5.41) is 11.0. The molecule has 0 saturated carbocycles. The molecule has 0 spiro atoms. The van der Waals surface area contributed by atoms with Gasteiger partial charge in [-0.25, -0.2) is 4.39 Å². The number of benzene rings is 1. The third-order valence-corrected chi connectivity index (χ3v) is 3.86. The monoisotopic (exact) mass is 287 g/mol. The Bertz CT molecular complexity index is 672. The Morgan fingerprint density at radius 3 is 2.90 bits per heavy atom. The summed E-state index contributed by atoms with van der Waals surface area (Å²) in [6.07, 6.45) is 4.25. The van der Waals surface area contributed by atoms with E-state index < -0.39 is 5.60 Å². The first-order valence-electron chi connectivity index (χ1n) is 7.13. The van der Waals surface area contributed by atoms with Gasteiger partial charge in [-0.3, -0.25) is 4.98 Å². The van der Waals surface area contributed by atoms with Crippen LogP contribution in [0.1, 0.15) is 37.0 Å². The number of aromatic nitrogens is 1. The Morgan fingerprint density at radius 2 is 2.14 bits per heavy atom. The summed E-state index contributed by atoms with van der Waals surface area (Å²) in [5.74, 6) is 0.353. The molecule has 4 heteroatoms. The van der Waals surface area contributed by atoms with Gasteiger partial charge in [-0.2, -0.15) is 0 Å². The van der Waals surface area contributed by atoms with Gasteiger partial charge in [0.2, 0.25) is 0 Å². The molecule has 0 amide bonds. The zero-order chi connectivity index (χ0) is 15.0. The van der Waals surface area contributed by atoms with E-state index in [0.717, 1.165) is 0 Å². The first-order valence-corrected chi connectivity index (χ1v) is 7.13. The standard InChI is InChI=1S/C17H18FNO2/c1-11(2)21-13-8-12(9-19-10-13)17(20)7-6-14-15(17)4-3-5-16(14)18/h3-5,8-11,20H,6-7H2,1-2H3. The second-order valence-corrected chi connectivity index (χ2v) is 5.70. The molecule has 3 rings (SSSR count). The molecule has 1 aliphatic rings. The van der Waals surface area contributed by atoms with Gasteiger partial charge in [-0.1, -0.05) is 12.1 Å². The van der Waals surface area contributed by atoms with E-state index in [1.807, 2.05) is 13.8 Å². The average Bonchev–Trinajstić information content (AvgIpc) is 2.79. The second-order valence-electron chi connectivity index (χ2n) is 5.70. The van der Waals surface area contributed by atoms with Crippen LogP contribution in [-0.4, -0.2) is 16.2 Å². The Hall–Kier alpha value is -1.94. The lowest BCUT2D eigenvalue weighted by Gasteiger charge is -2.25. The summed E-state index contributed by atoms with van der Waals surface area (Å²) < 4.78 is 19.5. The van der Waals surface area contributed by atoms with Crippen molar-refractivity contribution in [1.82, 2.24) is 4.98 Å². The highest BCUT2D eigenvalue weighted by Crippen LogP contribution is 2.43. The fourth-order valence-electron chi connectivity index (χ4n) is 2.92. The van der Waals surface area contributed by atoms with Crippen LogP contribution in [0.5, 0.6) is 5.75 Å². The number of ether oxygens (including phenoxy) is 1. The minimum absolute atomic E-state index is 0.0324.